The fourth-order valence-electron chi connectivity index (χ4n) is 3.16. The van der Waals surface area contributed by atoms with Gasteiger partial charge in [0.05, 0.1) is 13.0 Å². The summed E-state index contributed by atoms with van der Waals surface area (Å²) < 4.78 is 5.09. The quantitative estimate of drug-likeness (QED) is 0.695. The number of nitrogens with one attached hydrogen (secondary N) is 2. The molecule has 1 aliphatic heterocycles. The molecule has 3 rings (SSSR count). The van der Waals surface area contributed by atoms with E-state index in [1.165, 1.54) is 0 Å². The first-order chi connectivity index (χ1) is 14.5. The van der Waals surface area contributed by atoms with E-state index in [2.05, 4.69) is 20.8 Å². The van der Waals surface area contributed by atoms with Gasteiger partial charge >= 0.3 is 0 Å². The summed E-state index contributed by atoms with van der Waals surface area (Å²) in [5.41, 5.74) is 0.584. The van der Waals surface area contributed by atoms with Gasteiger partial charge in [0.2, 0.25) is 15.9 Å². The summed E-state index contributed by atoms with van der Waals surface area (Å²) in [6.45, 7) is 3.53. The van der Waals surface area contributed by atoms with Gasteiger partial charge in [-0.2, -0.15) is 0 Å². The highest BCUT2D eigenvalue weighted by Crippen LogP contribution is 2.21. The zero-order valence-corrected chi connectivity index (χ0v) is 17.8. The van der Waals surface area contributed by atoms with Crippen LogP contribution < -0.4 is 15.4 Å². The number of methoxy groups -OCH3 is 1. The smallest absolute Gasteiger partial charge is 0.286 e. The van der Waals surface area contributed by atoms with Crippen LogP contribution >= 0.6 is 11.3 Å². The lowest BCUT2D eigenvalue weighted by atomic mass is 9.97. The van der Waals surface area contributed by atoms with E-state index in [1.807, 2.05) is 6.92 Å². The zero-order valence-electron chi connectivity index (χ0n) is 17.0. The molecule has 160 valence electrons. The molecule has 0 saturated carbocycles. The minimum Gasteiger partial charge on any atom is -0.497 e. The Balaban J connectivity index is 1.60. The van der Waals surface area contributed by atoms with Crippen LogP contribution in [0, 0.1) is 5.92 Å². The van der Waals surface area contributed by atoms with E-state index >= 15 is 0 Å². The summed E-state index contributed by atoms with van der Waals surface area (Å²) in [4.78, 5) is 39.1. The number of rotatable bonds is 7. The lowest BCUT2D eigenvalue weighted by Crippen LogP contribution is -2.45. The third-order valence-corrected chi connectivity index (χ3v) is 5.69. The van der Waals surface area contributed by atoms with Gasteiger partial charge in [0.15, 0.2) is 0 Å². The predicted octanol–water partition coefficient (Wildman–Crippen LogP) is 2.18. The number of carbonyl (C=O) groups excluding carboxylic acids is 3. The first-order valence-corrected chi connectivity index (χ1v) is 10.7. The van der Waals surface area contributed by atoms with Crippen molar-refractivity contribution in [3.05, 3.63) is 34.3 Å². The van der Waals surface area contributed by atoms with Crippen LogP contribution in [0.2, 0.25) is 0 Å². The molecule has 0 aliphatic carbocycles. The van der Waals surface area contributed by atoms with Gasteiger partial charge in [-0.1, -0.05) is 18.3 Å². The van der Waals surface area contributed by atoms with E-state index in [1.54, 1.807) is 36.3 Å². The topological polar surface area (TPSA) is 114 Å². The van der Waals surface area contributed by atoms with Gasteiger partial charge in [-0.15, -0.1) is 10.2 Å². The molecule has 0 unspecified atom stereocenters. The number of hydrogen-bond donors (Lipinski definition) is 2. The second-order valence-corrected chi connectivity index (χ2v) is 7.95. The molecule has 10 heteroatoms. The molecule has 1 atom stereocenters. The Morgan fingerprint density at radius 3 is 2.63 bits per heavy atom. The Labute approximate surface area is 178 Å². The van der Waals surface area contributed by atoms with Crippen molar-refractivity contribution in [2.24, 2.45) is 5.92 Å². The molecule has 2 aromatic rings. The number of ether oxygens (including phenoxy) is 1. The zero-order chi connectivity index (χ0) is 21.5. The van der Waals surface area contributed by atoms with Crippen molar-refractivity contribution in [1.29, 1.82) is 0 Å². The van der Waals surface area contributed by atoms with E-state index < -0.39 is 5.91 Å². The summed E-state index contributed by atoms with van der Waals surface area (Å²) in [6, 6.07) is 6.88. The molecule has 0 spiro atoms. The monoisotopic (exact) mass is 431 g/mol. The van der Waals surface area contributed by atoms with Gasteiger partial charge in [-0.25, -0.2) is 0 Å². The standard InChI is InChI=1S/C20H25N5O4S/c1-3-10-21-16(26)13-5-4-11-25(12-13)20(28)19-24-23-18(30-19)17(27)22-14-6-8-15(29-2)9-7-14/h6-9,13H,3-5,10-12H2,1-2H3,(H,21,26)(H,22,27)/t13-/m0/s1. The number of carbonyl (C=O) groups is 3. The maximum Gasteiger partial charge on any atom is 0.286 e. The third kappa shape index (κ3) is 5.32. The number of piperidine rings is 1. The van der Waals surface area contributed by atoms with Gasteiger partial charge < -0.3 is 20.3 Å². The molecular weight excluding hydrogens is 406 g/mol. The Hall–Kier alpha value is -3.01. The number of amides is 3. The van der Waals surface area contributed by atoms with Crippen LogP contribution in [0.1, 0.15) is 45.8 Å². The molecule has 2 N–H and O–H groups in total. The number of likely N-dealkylation sites (tertiary alicyclic amines) is 1. The van der Waals surface area contributed by atoms with Crippen molar-refractivity contribution in [3.63, 3.8) is 0 Å². The highest BCUT2D eigenvalue weighted by atomic mass is 32.1. The van der Waals surface area contributed by atoms with Crippen LogP contribution in [0.5, 0.6) is 5.75 Å². The first-order valence-electron chi connectivity index (χ1n) is 9.87. The Morgan fingerprint density at radius 1 is 1.20 bits per heavy atom. The molecular formula is C20H25N5O4S. The summed E-state index contributed by atoms with van der Waals surface area (Å²) in [5.74, 6) is -0.303. The molecule has 0 radical (unpaired) electrons. The first kappa shape index (κ1) is 21.7. The number of nitrogens with zero attached hydrogens (tertiary/aromatic N) is 3. The largest absolute Gasteiger partial charge is 0.497 e. The number of hydrogen-bond acceptors (Lipinski definition) is 7. The fraction of sp³-hybridized carbons (Fsp3) is 0.450. The molecule has 1 aromatic carbocycles. The maximum atomic E-state index is 12.8. The van der Waals surface area contributed by atoms with Crippen LogP contribution in [0.15, 0.2) is 24.3 Å². The Kier molecular flexibility index (Phi) is 7.34. The molecule has 1 saturated heterocycles. The number of anilines is 1. The summed E-state index contributed by atoms with van der Waals surface area (Å²) >= 11 is 0.942. The average Bonchev–Trinajstić information content (AvgIpc) is 3.28. The lowest BCUT2D eigenvalue weighted by Gasteiger charge is -2.31. The minimum absolute atomic E-state index is 0.0221. The SMILES string of the molecule is CCCNC(=O)[C@H]1CCCN(C(=O)c2nnc(C(=O)Nc3ccc(OC)cc3)s2)C1. The van der Waals surface area contributed by atoms with Crippen LogP contribution in [0.25, 0.3) is 0 Å². The van der Waals surface area contributed by atoms with Gasteiger partial charge in [-0.3, -0.25) is 14.4 Å². The van der Waals surface area contributed by atoms with E-state index in [0.29, 0.717) is 31.1 Å². The van der Waals surface area contributed by atoms with Crippen LogP contribution in [-0.4, -0.2) is 59.6 Å². The second-order valence-electron chi connectivity index (χ2n) is 6.98. The third-order valence-electron chi connectivity index (χ3n) is 4.78. The maximum absolute atomic E-state index is 12.8. The average molecular weight is 432 g/mol. The van der Waals surface area contributed by atoms with Crippen molar-refractivity contribution >= 4 is 34.7 Å². The van der Waals surface area contributed by atoms with Crippen LogP contribution in [0.4, 0.5) is 5.69 Å². The van der Waals surface area contributed by atoms with Crippen molar-refractivity contribution in [3.8, 4) is 5.75 Å². The number of benzene rings is 1. The van der Waals surface area contributed by atoms with Crippen molar-refractivity contribution < 1.29 is 19.1 Å². The van der Waals surface area contributed by atoms with E-state index in [4.69, 9.17) is 4.74 Å². The molecule has 3 amide bonds. The minimum atomic E-state index is -0.438. The van der Waals surface area contributed by atoms with E-state index in [-0.39, 0.29) is 27.7 Å². The van der Waals surface area contributed by atoms with Crippen molar-refractivity contribution in [1.82, 2.24) is 20.4 Å². The molecule has 9 nitrogen and oxygen atoms in total. The summed E-state index contributed by atoms with van der Waals surface area (Å²) in [6.07, 6.45) is 2.37. The van der Waals surface area contributed by atoms with Gasteiger partial charge in [-0.05, 0) is 43.5 Å². The normalized spacial score (nSPS) is 16.1. The lowest BCUT2D eigenvalue weighted by molar-refractivity contribution is -0.126. The van der Waals surface area contributed by atoms with Crippen LogP contribution in [-0.2, 0) is 4.79 Å². The number of aromatic nitrogens is 2. The van der Waals surface area contributed by atoms with E-state index in [9.17, 15) is 14.4 Å². The van der Waals surface area contributed by atoms with Crippen molar-refractivity contribution in [2.75, 3.05) is 32.1 Å². The molecule has 0 bridgehead atoms. The fourth-order valence-corrected chi connectivity index (χ4v) is 3.87. The highest BCUT2D eigenvalue weighted by Gasteiger charge is 2.30. The Morgan fingerprint density at radius 2 is 1.93 bits per heavy atom. The Bertz CT molecular complexity index is 899. The summed E-state index contributed by atoms with van der Waals surface area (Å²) in [5, 5.41) is 13.6. The molecule has 1 aliphatic rings. The van der Waals surface area contributed by atoms with Gasteiger partial charge in [0.25, 0.3) is 11.8 Å². The van der Waals surface area contributed by atoms with Crippen LogP contribution in [0.3, 0.4) is 0 Å². The van der Waals surface area contributed by atoms with Gasteiger partial charge in [0.1, 0.15) is 5.75 Å². The predicted molar refractivity (Wildman–Crippen MR) is 113 cm³/mol. The molecule has 1 aromatic heterocycles. The molecule has 1 fully saturated rings. The van der Waals surface area contributed by atoms with E-state index in [0.717, 1.165) is 30.6 Å². The highest BCUT2D eigenvalue weighted by molar-refractivity contribution is 7.15. The van der Waals surface area contributed by atoms with Crippen molar-refractivity contribution in [2.45, 2.75) is 26.2 Å². The molecule has 2 heterocycles. The van der Waals surface area contributed by atoms with Gasteiger partial charge in [0, 0.05) is 25.3 Å². The second kappa shape index (κ2) is 10.1. The summed E-state index contributed by atoms with van der Waals surface area (Å²) in [7, 11) is 1.57. The molecule has 30 heavy (non-hydrogen) atoms.